The van der Waals surface area contributed by atoms with Crippen molar-refractivity contribution in [2.24, 2.45) is 7.05 Å². The highest BCUT2D eigenvalue weighted by atomic mass is 16.2. The number of hydrogen-bond acceptors (Lipinski definition) is 5. The number of likely N-dealkylation sites (tertiary alicyclic amines) is 1. The Morgan fingerprint density at radius 1 is 1.19 bits per heavy atom. The van der Waals surface area contributed by atoms with E-state index in [0.717, 1.165) is 78.1 Å². The lowest BCUT2D eigenvalue weighted by molar-refractivity contribution is 0.0721. The summed E-state index contributed by atoms with van der Waals surface area (Å²) in [4.78, 5) is 29.6. The summed E-state index contributed by atoms with van der Waals surface area (Å²) >= 11 is 0. The van der Waals surface area contributed by atoms with Gasteiger partial charge in [-0.25, -0.2) is 9.97 Å². The molecule has 32 heavy (non-hydrogen) atoms. The molecular weight excluding hydrogens is 400 g/mol. The number of aryl methyl sites for hydroxylation is 4. The first-order chi connectivity index (χ1) is 15.5. The van der Waals surface area contributed by atoms with Crippen LogP contribution in [0.15, 0.2) is 24.7 Å². The SMILES string of the molecule is CCCc1ncc(-c2ccncc2C)c(C2CCCN2C(=O)c2c(C)c(CC)nn2C)n1. The van der Waals surface area contributed by atoms with Gasteiger partial charge in [0.25, 0.3) is 5.91 Å². The number of carbonyl (C=O) groups is 1. The minimum absolute atomic E-state index is 0.0350. The van der Waals surface area contributed by atoms with Gasteiger partial charge in [-0.3, -0.25) is 14.5 Å². The van der Waals surface area contributed by atoms with E-state index in [1.807, 2.05) is 37.3 Å². The van der Waals surface area contributed by atoms with E-state index in [9.17, 15) is 4.79 Å². The van der Waals surface area contributed by atoms with Gasteiger partial charge in [-0.2, -0.15) is 5.10 Å². The molecule has 0 spiro atoms. The topological polar surface area (TPSA) is 76.8 Å². The Labute approximate surface area is 189 Å². The average molecular weight is 433 g/mol. The monoisotopic (exact) mass is 432 g/mol. The normalized spacial score (nSPS) is 16.0. The molecule has 7 heteroatoms. The Kier molecular flexibility index (Phi) is 6.35. The molecule has 0 saturated carbocycles. The first-order valence-corrected chi connectivity index (χ1v) is 11.6. The largest absolute Gasteiger partial charge is 0.329 e. The number of hydrogen-bond donors (Lipinski definition) is 0. The maximum atomic E-state index is 13.7. The highest BCUT2D eigenvalue weighted by Gasteiger charge is 2.36. The molecule has 1 aliphatic rings. The maximum Gasteiger partial charge on any atom is 0.272 e. The number of pyridine rings is 1. The van der Waals surface area contributed by atoms with Crippen LogP contribution in [0.3, 0.4) is 0 Å². The van der Waals surface area contributed by atoms with Crippen molar-refractivity contribution in [1.82, 2.24) is 29.6 Å². The van der Waals surface area contributed by atoms with Gasteiger partial charge in [0.15, 0.2) is 0 Å². The van der Waals surface area contributed by atoms with E-state index in [-0.39, 0.29) is 11.9 Å². The van der Waals surface area contributed by atoms with Gasteiger partial charge in [0.2, 0.25) is 0 Å². The number of amides is 1. The van der Waals surface area contributed by atoms with E-state index in [2.05, 4.69) is 35.8 Å². The number of nitrogens with zero attached hydrogens (tertiary/aromatic N) is 6. The molecule has 1 aliphatic heterocycles. The standard InChI is InChI=1S/C25H32N6O/c1-6-9-22-27-15-19(18-11-12-26-14-16(18)3)23(28-22)21-10-8-13-31(21)25(32)24-17(4)20(7-2)29-30(24)5/h11-12,14-15,21H,6-10,13H2,1-5H3. The first-order valence-electron chi connectivity index (χ1n) is 11.6. The van der Waals surface area contributed by atoms with Gasteiger partial charge in [0.05, 0.1) is 17.4 Å². The molecule has 1 unspecified atom stereocenters. The zero-order valence-electron chi connectivity index (χ0n) is 19.7. The van der Waals surface area contributed by atoms with Crippen LogP contribution in [-0.4, -0.2) is 42.1 Å². The summed E-state index contributed by atoms with van der Waals surface area (Å²) in [5.74, 6) is 0.870. The summed E-state index contributed by atoms with van der Waals surface area (Å²) in [5, 5.41) is 4.57. The lowest BCUT2D eigenvalue weighted by Gasteiger charge is -2.27. The van der Waals surface area contributed by atoms with Crippen LogP contribution in [0.25, 0.3) is 11.1 Å². The molecule has 4 heterocycles. The third kappa shape index (κ3) is 3.92. The lowest BCUT2D eigenvalue weighted by atomic mass is 9.97. The van der Waals surface area contributed by atoms with E-state index in [4.69, 9.17) is 4.98 Å². The summed E-state index contributed by atoms with van der Waals surface area (Å²) in [6.07, 6.45) is 10.1. The van der Waals surface area contributed by atoms with E-state index in [1.54, 1.807) is 10.9 Å². The molecule has 1 fully saturated rings. The van der Waals surface area contributed by atoms with Crippen molar-refractivity contribution in [3.63, 3.8) is 0 Å². The van der Waals surface area contributed by atoms with Crippen molar-refractivity contribution in [1.29, 1.82) is 0 Å². The molecule has 0 aliphatic carbocycles. The number of aromatic nitrogens is 5. The van der Waals surface area contributed by atoms with Crippen molar-refractivity contribution in [2.75, 3.05) is 6.54 Å². The van der Waals surface area contributed by atoms with Crippen LogP contribution in [0.2, 0.25) is 0 Å². The molecule has 0 aromatic carbocycles. The fraction of sp³-hybridized carbons (Fsp3) is 0.480. The van der Waals surface area contributed by atoms with Crippen LogP contribution in [0, 0.1) is 13.8 Å². The molecule has 1 amide bonds. The molecule has 168 valence electrons. The van der Waals surface area contributed by atoms with Crippen LogP contribution in [0.5, 0.6) is 0 Å². The van der Waals surface area contributed by atoms with Crippen molar-refractivity contribution in [3.05, 3.63) is 58.7 Å². The molecule has 0 N–H and O–H groups in total. The second kappa shape index (κ2) is 9.18. The highest BCUT2D eigenvalue weighted by Crippen LogP contribution is 2.38. The summed E-state index contributed by atoms with van der Waals surface area (Å²) in [5.41, 5.74) is 6.72. The minimum atomic E-state index is -0.0805. The molecule has 4 rings (SSSR count). The number of carbonyl (C=O) groups excluding carboxylic acids is 1. The predicted molar refractivity (Wildman–Crippen MR) is 124 cm³/mol. The van der Waals surface area contributed by atoms with Gasteiger partial charge in [-0.1, -0.05) is 13.8 Å². The average Bonchev–Trinajstić information content (AvgIpc) is 3.38. The summed E-state index contributed by atoms with van der Waals surface area (Å²) < 4.78 is 1.74. The second-order valence-electron chi connectivity index (χ2n) is 8.58. The minimum Gasteiger partial charge on any atom is -0.329 e. The zero-order chi connectivity index (χ0) is 22.8. The summed E-state index contributed by atoms with van der Waals surface area (Å²) in [6, 6.07) is 1.93. The van der Waals surface area contributed by atoms with Crippen LogP contribution in [-0.2, 0) is 19.9 Å². The van der Waals surface area contributed by atoms with Crippen molar-refractivity contribution in [2.45, 2.75) is 65.8 Å². The number of rotatable bonds is 6. The zero-order valence-corrected chi connectivity index (χ0v) is 19.7. The highest BCUT2D eigenvalue weighted by molar-refractivity contribution is 5.95. The van der Waals surface area contributed by atoms with E-state index >= 15 is 0 Å². The van der Waals surface area contributed by atoms with Crippen molar-refractivity contribution >= 4 is 5.91 Å². The molecular formula is C25H32N6O. The van der Waals surface area contributed by atoms with Gasteiger partial charge >= 0.3 is 0 Å². The van der Waals surface area contributed by atoms with Crippen molar-refractivity contribution < 1.29 is 4.79 Å². The van der Waals surface area contributed by atoms with Crippen LogP contribution in [0.4, 0.5) is 0 Å². The summed E-state index contributed by atoms with van der Waals surface area (Å²) in [7, 11) is 1.86. The van der Waals surface area contributed by atoms with Gasteiger partial charge < -0.3 is 4.90 Å². The summed E-state index contributed by atoms with van der Waals surface area (Å²) in [6.45, 7) is 8.97. The van der Waals surface area contributed by atoms with Gasteiger partial charge in [-0.05, 0) is 56.7 Å². The Hall–Kier alpha value is -3.09. The smallest absolute Gasteiger partial charge is 0.272 e. The third-order valence-corrected chi connectivity index (χ3v) is 6.40. The van der Waals surface area contributed by atoms with E-state index < -0.39 is 0 Å². The lowest BCUT2D eigenvalue weighted by Crippen LogP contribution is -2.33. The van der Waals surface area contributed by atoms with Gasteiger partial charge in [-0.15, -0.1) is 0 Å². The fourth-order valence-electron chi connectivity index (χ4n) is 4.76. The maximum absolute atomic E-state index is 13.7. The van der Waals surface area contributed by atoms with Gasteiger partial charge in [0.1, 0.15) is 11.5 Å². The van der Waals surface area contributed by atoms with Crippen molar-refractivity contribution in [3.8, 4) is 11.1 Å². The third-order valence-electron chi connectivity index (χ3n) is 6.40. The van der Waals surface area contributed by atoms with Gasteiger partial charge in [0, 0.05) is 49.7 Å². The molecule has 1 atom stereocenters. The van der Waals surface area contributed by atoms with E-state index in [1.165, 1.54) is 0 Å². The molecule has 7 nitrogen and oxygen atoms in total. The van der Waals surface area contributed by atoms with Crippen LogP contribution < -0.4 is 0 Å². The molecule has 0 radical (unpaired) electrons. The second-order valence-corrected chi connectivity index (χ2v) is 8.58. The molecule has 3 aromatic heterocycles. The Morgan fingerprint density at radius 3 is 2.69 bits per heavy atom. The first kappa shape index (κ1) is 22.1. The van der Waals surface area contributed by atoms with E-state index in [0.29, 0.717) is 5.69 Å². The Balaban J connectivity index is 1.79. The quantitative estimate of drug-likeness (QED) is 0.578. The van der Waals surface area contributed by atoms with Crippen LogP contribution >= 0.6 is 0 Å². The Bertz CT molecular complexity index is 1140. The molecule has 0 bridgehead atoms. The van der Waals surface area contributed by atoms with Crippen LogP contribution in [0.1, 0.15) is 78.0 Å². The molecule has 1 saturated heterocycles. The predicted octanol–water partition coefficient (Wildman–Crippen LogP) is 4.38. The molecule has 3 aromatic rings. The fourth-order valence-corrected chi connectivity index (χ4v) is 4.76. The Morgan fingerprint density at radius 2 is 2.00 bits per heavy atom.